The molecule has 0 aliphatic carbocycles. The molecule has 19 heavy (non-hydrogen) atoms. The van der Waals surface area contributed by atoms with Crippen LogP contribution in [0.5, 0.6) is 0 Å². The lowest BCUT2D eigenvalue weighted by atomic mass is 10.1. The summed E-state index contributed by atoms with van der Waals surface area (Å²) in [7, 11) is -4.51. The number of carbonyl (C=O) groups is 3. The third kappa shape index (κ3) is 2.69. The quantitative estimate of drug-likeness (QED) is 0.369. The Bertz CT molecular complexity index is 691. The average Bonchev–Trinajstić information content (AvgIpc) is 2.71. The fourth-order valence-electron chi connectivity index (χ4n) is 1.30. The Morgan fingerprint density at radius 3 is 2.16 bits per heavy atom. The second-order valence-electron chi connectivity index (χ2n) is 3.43. The fraction of sp³-hybridized carbons (Fsp3) is 0. The molecule has 1 fully saturated rings. The highest BCUT2D eigenvalue weighted by molar-refractivity contribution is 7.85. The van der Waals surface area contributed by atoms with E-state index in [1.807, 2.05) is 10.6 Å². The summed E-state index contributed by atoms with van der Waals surface area (Å²) in [6, 6.07) is 1.13. The molecule has 2 rings (SSSR count). The van der Waals surface area contributed by atoms with E-state index < -0.39 is 38.6 Å². The number of imide groups is 2. The normalized spacial score (nSPS) is 16.1. The van der Waals surface area contributed by atoms with Gasteiger partial charge in [-0.3, -0.25) is 24.8 Å². The van der Waals surface area contributed by atoms with Gasteiger partial charge >= 0.3 is 16.1 Å². The molecule has 0 saturated carbocycles. The summed E-state index contributed by atoms with van der Waals surface area (Å²) < 4.78 is 34.9. The second-order valence-corrected chi connectivity index (χ2v) is 4.78. The number of urea groups is 1. The SMILES string of the molecule is O=C1NC(=O)C(=Cc2ccc(S(=O)(=O)O)o2)C(=O)N1. The van der Waals surface area contributed by atoms with E-state index in [4.69, 9.17) is 8.97 Å². The molecule has 9 nitrogen and oxygen atoms in total. The number of carbonyl (C=O) groups excluding carboxylic acids is 3. The van der Waals surface area contributed by atoms with Crippen molar-refractivity contribution in [2.75, 3.05) is 0 Å². The number of amides is 4. The van der Waals surface area contributed by atoms with E-state index in [9.17, 15) is 22.8 Å². The van der Waals surface area contributed by atoms with Gasteiger partial charge in [0.05, 0.1) is 0 Å². The molecule has 1 saturated heterocycles. The molecular formula is C9H6N2O7S. The van der Waals surface area contributed by atoms with Crippen molar-refractivity contribution in [2.24, 2.45) is 0 Å². The van der Waals surface area contributed by atoms with Crippen LogP contribution in [0, 0.1) is 0 Å². The molecule has 1 aliphatic rings. The summed E-state index contributed by atoms with van der Waals surface area (Å²) in [5.74, 6) is -2.04. The Labute approximate surface area is 106 Å². The van der Waals surface area contributed by atoms with E-state index in [1.54, 1.807) is 0 Å². The summed E-state index contributed by atoms with van der Waals surface area (Å²) in [6.45, 7) is 0. The number of barbiturate groups is 1. The number of hydrogen-bond acceptors (Lipinski definition) is 6. The van der Waals surface area contributed by atoms with E-state index in [0.717, 1.165) is 18.2 Å². The highest BCUT2D eigenvalue weighted by atomic mass is 32.2. The average molecular weight is 286 g/mol. The highest BCUT2D eigenvalue weighted by Crippen LogP contribution is 2.17. The van der Waals surface area contributed by atoms with Crippen LogP contribution in [0.3, 0.4) is 0 Å². The first-order valence-corrected chi connectivity index (χ1v) is 6.17. The number of nitrogens with one attached hydrogen (secondary N) is 2. The van der Waals surface area contributed by atoms with Gasteiger partial charge in [0.1, 0.15) is 11.3 Å². The molecule has 1 aromatic rings. The first-order valence-electron chi connectivity index (χ1n) is 4.73. The summed E-state index contributed by atoms with van der Waals surface area (Å²) in [6.07, 6.45) is 0.936. The Hall–Kier alpha value is -2.46. The molecule has 1 aromatic heterocycles. The monoisotopic (exact) mass is 286 g/mol. The Morgan fingerprint density at radius 1 is 1.11 bits per heavy atom. The van der Waals surface area contributed by atoms with Crippen molar-refractivity contribution in [3.05, 3.63) is 23.5 Å². The Balaban J connectivity index is 2.36. The van der Waals surface area contributed by atoms with Crippen molar-refractivity contribution in [2.45, 2.75) is 5.09 Å². The van der Waals surface area contributed by atoms with E-state index in [-0.39, 0.29) is 5.76 Å². The molecular weight excluding hydrogens is 280 g/mol. The maximum absolute atomic E-state index is 11.4. The van der Waals surface area contributed by atoms with Crippen LogP contribution in [-0.4, -0.2) is 30.8 Å². The van der Waals surface area contributed by atoms with E-state index >= 15 is 0 Å². The molecule has 2 heterocycles. The molecule has 4 amide bonds. The lowest BCUT2D eigenvalue weighted by Crippen LogP contribution is -2.51. The lowest BCUT2D eigenvalue weighted by Gasteiger charge is -2.13. The first-order chi connectivity index (χ1) is 8.77. The van der Waals surface area contributed by atoms with Gasteiger partial charge in [0.2, 0.25) is 5.09 Å². The summed E-state index contributed by atoms with van der Waals surface area (Å²) in [5.41, 5.74) is -0.434. The summed E-state index contributed by atoms with van der Waals surface area (Å²) in [4.78, 5) is 33.5. The van der Waals surface area contributed by atoms with Gasteiger partial charge in [-0.1, -0.05) is 0 Å². The van der Waals surface area contributed by atoms with Crippen LogP contribution in [0.4, 0.5) is 4.79 Å². The van der Waals surface area contributed by atoms with Crippen LogP contribution < -0.4 is 10.6 Å². The van der Waals surface area contributed by atoms with Crippen molar-refractivity contribution < 1.29 is 31.8 Å². The predicted molar refractivity (Wildman–Crippen MR) is 58.2 cm³/mol. The number of rotatable bonds is 2. The predicted octanol–water partition coefficient (Wildman–Crippen LogP) is -0.724. The van der Waals surface area contributed by atoms with Crippen molar-refractivity contribution in [3.8, 4) is 0 Å². The van der Waals surface area contributed by atoms with Crippen LogP contribution in [0.15, 0.2) is 27.2 Å². The third-order valence-electron chi connectivity index (χ3n) is 2.09. The zero-order valence-corrected chi connectivity index (χ0v) is 9.85. The van der Waals surface area contributed by atoms with Gasteiger partial charge < -0.3 is 4.42 Å². The van der Waals surface area contributed by atoms with Crippen LogP contribution >= 0.6 is 0 Å². The van der Waals surface area contributed by atoms with Gasteiger partial charge in [0.25, 0.3) is 11.8 Å². The summed E-state index contributed by atoms with van der Waals surface area (Å²) in [5, 5.41) is 2.93. The fourth-order valence-corrected chi connectivity index (χ4v) is 1.74. The van der Waals surface area contributed by atoms with Crippen molar-refractivity contribution in [1.82, 2.24) is 10.6 Å². The second kappa shape index (κ2) is 4.33. The van der Waals surface area contributed by atoms with Gasteiger partial charge in [0, 0.05) is 0 Å². The van der Waals surface area contributed by atoms with E-state index in [1.165, 1.54) is 0 Å². The molecule has 0 bridgehead atoms. The molecule has 0 unspecified atom stereocenters. The number of furan rings is 1. The molecule has 1 aliphatic heterocycles. The van der Waals surface area contributed by atoms with Crippen molar-refractivity contribution in [3.63, 3.8) is 0 Å². The minimum absolute atomic E-state index is 0.151. The zero-order chi connectivity index (χ0) is 14.2. The molecule has 0 atom stereocenters. The van der Waals surface area contributed by atoms with Gasteiger partial charge in [0.15, 0.2) is 0 Å². The van der Waals surface area contributed by atoms with E-state index in [0.29, 0.717) is 0 Å². The zero-order valence-electron chi connectivity index (χ0n) is 9.04. The maximum Gasteiger partial charge on any atom is 0.328 e. The molecule has 10 heteroatoms. The van der Waals surface area contributed by atoms with Crippen LogP contribution in [0.25, 0.3) is 6.08 Å². The molecule has 100 valence electrons. The topological polar surface area (TPSA) is 143 Å². The largest absolute Gasteiger partial charge is 0.443 e. The van der Waals surface area contributed by atoms with Gasteiger partial charge in [-0.2, -0.15) is 8.42 Å². The maximum atomic E-state index is 11.4. The van der Waals surface area contributed by atoms with Gasteiger partial charge in [-0.25, -0.2) is 4.79 Å². The van der Waals surface area contributed by atoms with E-state index in [2.05, 4.69) is 0 Å². The van der Waals surface area contributed by atoms with Gasteiger partial charge in [-0.05, 0) is 18.2 Å². The van der Waals surface area contributed by atoms with Crippen LogP contribution in [-0.2, 0) is 19.7 Å². The Kier molecular flexibility index (Phi) is 2.96. The lowest BCUT2D eigenvalue weighted by molar-refractivity contribution is -0.123. The standard InChI is InChI=1S/C9H6N2O7S/c12-7-5(8(13)11-9(14)10-7)3-4-1-2-6(18-4)19(15,16)17/h1-3H,(H,15,16,17)(H2,10,11,12,13,14). The molecule has 0 spiro atoms. The number of hydrogen-bond donors (Lipinski definition) is 3. The minimum atomic E-state index is -4.51. The highest BCUT2D eigenvalue weighted by Gasteiger charge is 2.28. The molecule has 0 radical (unpaired) electrons. The third-order valence-corrected chi connectivity index (χ3v) is 2.81. The van der Waals surface area contributed by atoms with Gasteiger partial charge in [-0.15, -0.1) is 0 Å². The molecule has 3 N–H and O–H groups in total. The Morgan fingerprint density at radius 2 is 1.68 bits per heavy atom. The minimum Gasteiger partial charge on any atom is -0.443 e. The van der Waals surface area contributed by atoms with Crippen molar-refractivity contribution in [1.29, 1.82) is 0 Å². The van der Waals surface area contributed by atoms with Crippen molar-refractivity contribution >= 4 is 34.0 Å². The van der Waals surface area contributed by atoms with Crippen LogP contribution in [0.2, 0.25) is 0 Å². The van der Waals surface area contributed by atoms with Crippen LogP contribution in [0.1, 0.15) is 5.76 Å². The smallest absolute Gasteiger partial charge is 0.328 e. The summed E-state index contributed by atoms with van der Waals surface area (Å²) >= 11 is 0. The molecule has 0 aromatic carbocycles. The first kappa shape index (κ1) is 13.0.